The zero-order valence-corrected chi connectivity index (χ0v) is 11.5. The summed E-state index contributed by atoms with van der Waals surface area (Å²) in [7, 11) is 1.92. The van der Waals surface area contributed by atoms with Gasteiger partial charge in [0.1, 0.15) is 0 Å². The minimum atomic E-state index is 0.439. The van der Waals surface area contributed by atoms with Gasteiger partial charge in [0.15, 0.2) is 0 Å². The van der Waals surface area contributed by atoms with Gasteiger partial charge in [0.2, 0.25) is 0 Å². The molecule has 0 aliphatic carbocycles. The lowest BCUT2D eigenvalue weighted by Gasteiger charge is -2.07. The molecule has 1 aromatic heterocycles. The summed E-state index contributed by atoms with van der Waals surface area (Å²) in [6.07, 6.45) is 2.03. The highest BCUT2D eigenvalue weighted by atomic mass is 15.3. The average molecular weight is 254 g/mol. The van der Waals surface area contributed by atoms with Gasteiger partial charge in [-0.1, -0.05) is 26.0 Å². The van der Waals surface area contributed by atoms with Crippen LogP contribution < -0.4 is 5.32 Å². The Balaban J connectivity index is 2.30. The minimum Gasteiger partial charge on any atom is -0.310 e. The first-order chi connectivity index (χ1) is 9.10. The fraction of sp³-hybridized carbons (Fsp3) is 0.333. The van der Waals surface area contributed by atoms with Crippen LogP contribution in [0.25, 0.3) is 11.3 Å². The number of rotatable bonds is 4. The lowest BCUT2D eigenvalue weighted by atomic mass is 10.1. The third-order valence-electron chi connectivity index (χ3n) is 2.89. The standard InChI is InChI=1S/C15H18N4/c1-11(2)17-9-14-10-19(3)18-15(14)13-6-4-12(8-16)5-7-13/h4-7,10-11,17H,9H2,1-3H3. The molecule has 0 amide bonds. The van der Waals surface area contributed by atoms with E-state index in [4.69, 9.17) is 5.26 Å². The van der Waals surface area contributed by atoms with Crippen LogP contribution in [0.4, 0.5) is 0 Å². The first-order valence-corrected chi connectivity index (χ1v) is 6.36. The highest BCUT2D eigenvalue weighted by Gasteiger charge is 2.10. The molecule has 0 aliphatic rings. The van der Waals surface area contributed by atoms with Gasteiger partial charge in [-0.15, -0.1) is 0 Å². The normalized spacial score (nSPS) is 10.7. The first kappa shape index (κ1) is 13.3. The van der Waals surface area contributed by atoms with E-state index in [2.05, 4.69) is 30.3 Å². The molecule has 4 heteroatoms. The van der Waals surface area contributed by atoms with Crippen LogP contribution >= 0.6 is 0 Å². The average Bonchev–Trinajstić information content (AvgIpc) is 2.78. The van der Waals surface area contributed by atoms with Gasteiger partial charge in [-0.3, -0.25) is 4.68 Å². The van der Waals surface area contributed by atoms with Gasteiger partial charge in [0, 0.05) is 37.0 Å². The zero-order chi connectivity index (χ0) is 13.8. The Labute approximate surface area is 113 Å². The molecule has 0 spiro atoms. The van der Waals surface area contributed by atoms with Crippen LogP contribution in [0.3, 0.4) is 0 Å². The molecule has 0 unspecified atom stereocenters. The van der Waals surface area contributed by atoms with E-state index >= 15 is 0 Å². The predicted molar refractivity (Wildman–Crippen MR) is 75.3 cm³/mol. The van der Waals surface area contributed by atoms with Crippen LogP contribution in [-0.2, 0) is 13.6 Å². The SMILES string of the molecule is CC(C)NCc1cn(C)nc1-c1ccc(C#N)cc1. The fourth-order valence-corrected chi connectivity index (χ4v) is 1.93. The molecule has 98 valence electrons. The van der Waals surface area contributed by atoms with E-state index in [-0.39, 0.29) is 0 Å². The quantitative estimate of drug-likeness (QED) is 0.911. The number of nitrogens with one attached hydrogen (secondary N) is 1. The molecule has 0 saturated heterocycles. The summed E-state index contributed by atoms with van der Waals surface area (Å²) in [5.41, 5.74) is 3.85. The summed E-state index contributed by atoms with van der Waals surface area (Å²) in [6.45, 7) is 5.04. The zero-order valence-electron chi connectivity index (χ0n) is 11.5. The molecule has 2 rings (SSSR count). The Morgan fingerprint density at radius 3 is 2.58 bits per heavy atom. The van der Waals surface area contributed by atoms with Crippen LogP contribution in [0.5, 0.6) is 0 Å². The molecule has 0 saturated carbocycles. The van der Waals surface area contributed by atoms with Crippen molar-refractivity contribution in [1.82, 2.24) is 15.1 Å². The minimum absolute atomic E-state index is 0.439. The van der Waals surface area contributed by atoms with Crippen LogP contribution in [-0.4, -0.2) is 15.8 Å². The smallest absolute Gasteiger partial charge is 0.0991 e. The van der Waals surface area contributed by atoms with Crippen molar-refractivity contribution in [2.24, 2.45) is 7.05 Å². The summed E-state index contributed by atoms with van der Waals surface area (Å²) in [5.74, 6) is 0. The van der Waals surface area contributed by atoms with E-state index in [1.807, 2.05) is 42.2 Å². The number of nitriles is 1. The number of aryl methyl sites for hydroxylation is 1. The van der Waals surface area contributed by atoms with E-state index in [9.17, 15) is 0 Å². The van der Waals surface area contributed by atoms with E-state index < -0.39 is 0 Å². The monoisotopic (exact) mass is 254 g/mol. The molecule has 0 fully saturated rings. The number of benzene rings is 1. The Kier molecular flexibility index (Phi) is 3.98. The molecule has 0 atom stereocenters. The van der Waals surface area contributed by atoms with E-state index in [0.29, 0.717) is 11.6 Å². The maximum absolute atomic E-state index is 8.82. The fourth-order valence-electron chi connectivity index (χ4n) is 1.93. The van der Waals surface area contributed by atoms with Crippen molar-refractivity contribution >= 4 is 0 Å². The van der Waals surface area contributed by atoms with Gasteiger partial charge in [0.05, 0.1) is 17.3 Å². The number of hydrogen-bond acceptors (Lipinski definition) is 3. The summed E-state index contributed by atoms with van der Waals surface area (Å²) in [5, 5.41) is 16.7. The van der Waals surface area contributed by atoms with Crippen LogP contribution in [0.15, 0.2) is 30.5 Å². The maximum Gasteiger partial charge on any atom is 0.0991 e. The van der Waals surface area contributed by atoms with Gasteiger partial charge < -0.3 is 5.32 Å². The third kappa shape index (κ3) is 3.21. The molecule has 4 nitrogen and oxygen atoms in total. The van der Waals surface area contributed by atoms with Gasteiger partial charge in [-0.05, 0) is 12.1 Å². The van der Waals surface area contributed by atoms with Crippen LogP contribution in [0.2, 0.25) is 0 Å². The molecule has 19 heavy (non-hydrogen) atoms. The van der Waals surface area contributed by atoms with Gasteiger partial charge in [-0.25, -0.2) is 0 Å². The molecule has 1 heterocycles. The van der Waals surface area contributed by atoms with E-state index in [0.717, 1.165) is 17.8 Å². The van der Waals surface area contributed by atoms with E-state index in [1.165, 1.54) is 5.56 Å². The Hall–Kier alpha value is -2.12. The molecule has 2 aromatic rings. The second kappa shape index (κ2) is 5.68. The Morgan fingerprint density at radius 1 is 1.32 bits per heavy atom. The second-order valence-electron chi connectivity index (χ2n) is 4.90. The lowest BCUT2D eigenvalue weighted by molar-refractivity contribution is 0.589. The Morgan fingerprint density at radius 2 is 2.00 bits per heavy atom. The molecule has 1 aromatic carbocycles. The second-order valence-corrected chi connectivity index (χ2v) is 4.90. The first-order valence-electron chi connectivity index (χ1n) is 6.36. The van der Waals surface area contributed by atoms with Gasteiger partial charge in [-0.2, -0.15) is 10.4 Å². The Bertz CT molecular complexity index is 588. The third-order valence-corrected chi connectivity index (χ3v) is 2.89. The molecular weight excluding hydrogens is 236 g/mol. The van der Waals surface area contributed by atoms with Gasteiger partial charge >= 0.3 is 0 Å². The van der Waals surface area contributed by atoms with Crippen molar-refractivity contribution in [3.63, 3.8) is 0 Å². The number of nitrogens with zero attached hydrogens (tertiary/aromatic N) is 3. The number of hydrogen-bond donors (Lipinski definition) is 1. The van der Waals surface area contributed by atoms with Crippen molar-refractivity contribution in [3.8, 4) is 17.3 Å². The van der Waals surface area contributed by atoms with E-state index in [1.54, 1.807) is 0 Å². The summed E-state index contributed by atoms with van der Waals surface area (Å²) in [4.78, 5) is 0. The maximum atomic E-state index is 8.82. The van der Waals surface area contributed by atoms with Crippen molar-refractivity contribution in [2.75, 3.05) is 0 Å². The van der Waals surface area contributed by atoms with Gasteiger partial charge in [0.25, 0.3) is 0 Å². The summed E-state index contributed by atoms with van der Waals surface area (Å²) in [6, 6.07) is 10.1. The molecule has 0 bridgehead atoms. The lowest BCUT2D eigenvalue weighted by Crippen LogP contribution is -2.21. The summed E-state index contributed by atoms with van der Waals surface area (Å²) < 4.78 is 1.82. The largest absolute Gasteiger partial charge is 0.310 e. The highest BCUT2D eigenvalue weighted by molar-refractivity contribution is 5.63. The van der Waals surface area contributed by atoms with Crippen LogP contribution in [0.1, 0.15) is 25.0 Å². The molecule has 1 N–H and O–H groups in total. The highest BCUT2D eigenvalue weighted by Crippen LogP contribution is 2.22. The predicted octanol–water partition coefficient (Wildman–Crippen LogP) is 2.46. The van der Waals surface area contributed by atoms with Crippen molar-refractivity contribution < 1.29 is 0 Å². The van der Waals surface area contributed by atoms with Crippen LogP contribution in [0, 0.1) is 11.3 Å². The number of aromatic nitrogens is 2. The van der Waals surface area contributed by atoms with Crippen molar-refractivity contribution in [3.05, 3.63) is 41.6 Å². The summed E-state index contributed by atoms with van der Waals surface area (Å²) >= 11 is 0. The van der Waals surface area contributed by atoms with Crippen molar-refractivity contribution in [2.45, 2.75) is 26.4 Å². The molecule has 0 aliphatic heterocycles. The molecular formula is C15H18N4. The topological polar surface area (TPSA) is 53.6 Å². The molecule has 0 radical (unpaired) electrons. The van der Waals surface area contributed by atoms with Crippen molar-refractivity contribution in [1.29, 1.82) is 5.26 Å².